The molecule has 0 fully saturated rings. The molecule has 0 saturated carbocycles. The van der Waals surface area contributed by atoms with Crippen LogP contribution in [0.4, 0.5) is 0 Å². The topological polar surface area (TPSA) is 27.7 Å². The zero-order chi connectivity index (χ0) is 21.8. The second-order valence-electron chi connectivity index (χ2n) is 7.64. The van der Waals surface area contributed by atoms with Crippen molar-refractivity contribution in [3.8, 4) is 0 Å². The van der Waals surface area contributed by atoms with E-state index in [9.17, 15) is 0 Å². The van der Waals surface area contributed by atoms with Crippen molar-refractivity contribution in [3.63, 3.8) is 0 Å². The van der Waals surface area contributed by atoms with Crippen LogP contribution in [0.25, 0.3) is 11.5 Å². The molecule has 0 radical (unpaired) electrons. The number of methoxy groups -OCH3 is 1. The smallest absolute Gasteiger partial charge is 0.279 e. The fourth-order valence-corrected chi connectivity index (χ4v) is 4.13. The first-order valence-corrected chi connectivity index (χ1v) is 10.7. The van der Waals surface area contributed by atoms with E-state index in [1.54, 1.807) is 7.11 Å². The minimum atomic E-state index is -1.16. The highest BCUT2D eigenvalue weighted by Crippen LogP contribution is 2.52. The third kappa shape index (κ3) is 3.57. The zero-order valence-corrected chi connectivity index (χ0v) is 17.8. The molecule has 2 atom stereocenters. The molecule has 0 N–H and O–H groups in total. The number of ether oxygens (including phenoxy) is 3. The molecule has 32 heavy (non-hydrogen) atoms. The predicted octanol–water partition coefficient (Wildman–Crippen LogP) is 6.80. The lowest BCUT2D eigenvalue weighted by Gasteiger charge is -2.44. The van der Waals surface area contributed by atoms with Crippen LogP contribution in [0.3, 0.4) is 0 Å². The fourth-order valence-electron chi connectivity index (χ4n) is 4.13. The van der Waals surface area contributed by atoms with Crippen LogP contribution < -0.4 is 0 Å². The summed E-state index contributed by atoms with van der Waals surface area (Å²) >= 11 is 0. The second-order valence-corrected chi connectivity index (χ2v) is 7.64. The molecule has 0 amide bonds. The molecule has 0 aliphatic carbocycles. The lowest BCUT2D eigenvalue weighted by molar-refractivity contribution is -0.260. The quantitative estimate of drug-likeness (QED) is 0.355. The predicted molar refractivity (Wildman–Crippen MR) is 126 cm³/mol. The van der Waals surface area contributed by atoms with Crippen molar-refractivity contribution in [2.45, 2.75) is 11.9 Å². The van der Waals surface area contributed by atoms with E-state index in [0.717, 1.165) is 22.3 Å². The van der Waals surface area contributed by atoms with Gasteiger partial charge in [0.2, 0.25) is 0 Å². The Kier molecular flexibility index (Phi) is 5.49. The van der Waals surface area contributed by atoms with Gasteiger partial charge in [0.25, 0.3) is 5.79 Å². The molecule has 3 heteroatoms. The van der Waals surface area contributed by atoms with E-state index in [0.29, 0.717) is 11.5 Å². The van der Waals surface area contributed by atoms with Crippen molar-refractivity contribution in [1.82, 2.24) is 0 Å². The Balaban J connectivity index is 1.77. The van der Waals surface area contributed by atoms with Gasteiger partial charge < -0.3 is 14.2 Å². The number of hydrogen-bond donors (Lipinski definition) is 0. The summed E-state index contributed by atoms with van der Waals surface area (Å²) in [7, 11) is 1.67. The van der Waals surface area contributed by atoms with Gasteiger partial charge in [-0.1, -0.05) is 121 Å². The maximum absolute atomic E-state index is 6.86. The maximum atomic E-state index is 6.86. The summed E-state index contributed by atoms with van der Waals surface area (Å²) in [6.45, 7) is 0. The van der Waals surface area contributed by atoms with Gasteiger partial charge in [-0.3, -0.25) is 0 Å². The number of rotatable bonds is 5. The molecule has 1 aliphatic heterocycles. The maximum Gasteiger partial charge on any atom is 0.279 e. The zero-order valence-electron chi connectivity index (χ0n) is 17.8. The monoisotopic (exact) mass is 420 g/mol. The van der Waals surface area contributed by atoms with E-state index >= 15 is 0 Å². The molecule has 4 aromatic carbocycles. The highest BCUT2D eigenvalue weighted by molar-refractivity contribution is 5.85. The third-order valence-electron chi connectivity index (χ3n) is 5.69. The summed E-state index contributed by atoms with van der Waals surface area (Å²) in [6, 6.07) is 40.2. The van der Waals surface area contributed by atoms with Gasteiger partial charge in [0.05, 0.1) is 0 Å². The summed E-state index contributed by atoms with van der Waals surface area (Å²) in [5.41, 5.74) is 3.73. The number of benzene rings is 4. The van der Waals surface area contributed by atoms with Crippen LogP contribution in [0.5, 0.6) is 0 Å². The lowest BCUT2D eigenvalue weighted by Crippen LogP contribution is -2.42. The van der Waals surface area contributed by atoms with Crippen LogP contribution in [0, 0.1) is 0 Å². The summed E-state index contributed by atoms with van der Waals surface area (Å²) in [4.78, 5) is 0. The molecular formula is C29H24O3. The van der Waals surface area contributed by atoms with Crippen molar-refractivity contribution in [3.05, 3.63) is 144 Å². The van der Waals surface area contributed by atoms with Crippen LogP contribution in [-0.4, -0.2) is 7.11 Å². The van der Waals surface area contributed by atoms with Crippen molar-refractivity contribution in [1.29, 1.82) is 0 Å². The molecule has 4 aromatic rings. The van der Waals surface area contributed by atoms with Crippen molar-refractivity contribution in [2.75, 3.05) is 7.11 Å². The second kappa shape index (κ2) is 8.74. The summed E-state index contributed by atoms with van der Waals surface area (Å²) in [6.07, 6.45) is -0.515. The van der Waals surface area contributed by atoms with E-state index in [1.165, 1.54) is 0 Å². The van der Waals surface area contributed by atoms with E-state index < -0.39 is 11.9 Å². The highest BCUT2D eigenvalue weighted by Gasteiger charge is 2.51. The van der Waals surface area contributed by atoms with Crippen molar-refractivity contribution < 1.29 is 14.2 Å². The minimum absolute atomic E-state index is 0.515. The van der Waals surface area contributed by atoms with Crippen molar-refractivity contribution in [2.24, 2.45) is 0 Å². The lowest BCUT2D eigenvalue weighted by atomic mass is 9.92. The summed E-state index contributed by atoms with van der Waals surface area (Å²) in [5, 5.41) is 0. The molecular weight excluding hydrogens is 396 g/mol. The molecule has 3 nitrogen and oxygen atoms in total. The van der Waals surface area contributed by atoms with Crippen LogP contribution >= 0.6 is 0 Å². The molecule has 158 valence electrons. The molecule has 0 aromatic heterocycles. The molecule has 5 rings (SSSR count). The van der Waals surface area contributed by atoms with E-state index in [2.05, 4.69) is 0 Å². The first kappa shape index (κ1) is 20.1. The fraction of sp³-hybridized carbons (Fsp3) is 0.103. The Bertz CT molecular complexity index is 1190. The summed E-state index contributed by atoms with van der Waals surface area (Å²) in [5.74, 6) is 0.176. The van der Waals surface area contributed by atoms with Crippen LogP contribution in [0.15, 0.2) is 121 Å². The van der Waals surface area contributed by atoms with Gasteiger partial charge in [-0.2, -0.15) is 0 Å². The Morgan fingerprint density at radius 1 is 0.594 bits per heavy atom. The SMILES string of the molecule is COC1(c2ccccc2)OC(c2ccccc2)=C(c2ccccc2)OC1c1ccccc1. The molecule has 0 bridgehead atoms. The Morgan fingerprint density at radius 3 is 1.59 bits per heavy atom. The Hall–Kier alpha value is -3.82. The van der Waals surface area contributed by atoms with Crippen molar-refractivity contribution >= 4 is 11.5 Å². The van der Waals surface area contributed by atoms with Crippen LogP contribution in [0.1, 0.15) is 28.4 Å². The van der Waals surface area contributed by atoms with Gasteiger partial charge in [-0.25, -0.2) is 0 Å². The van der Waals surface area contributed by atoms with E-state index in [4.69, 9.17) is 14.2 Å². The van der Waals surface area contributed by atoms with Gasteiger partial charge in [0.15, 0.2) is 17.6 Å². The molecule has 0 spiro atoms. The Labute approximate surface area is 188 Å². The molecule has 2 unspecified atom stereocenters. The Morgan fingerprint density at radius 2 is 1.06 bits per heavy atom. The summed E-state index contributed by atoms with van der Waals surface area (Å²) < 4.78 is 19.9. The largest absolute Gasteiger partial charge is 0.474 e. The number of hydrogen-bond acceptors (Lipinski definition) is 3. The first-order chi connectivity index (χ1) is 15.8. The minimum Gasteiger partial charge on any atom is -0.474 e. The van der Waals surface area contributed by atoms with Gasteiger partial charge in [0, 0.05) is 23.8 Å². The standard InChI is InChI=1S/C29H24O3/c1-30-29(25-20-12-5-13-21-25)28(24-18-10-4-11-19-24)31-26(22-14-6-2-7-15-22)27(32-29)23-16-8-3-9-17-23/h2-21,28H,1H3. The molecule has 1 heterocycles. The van der Waals surface area contributed by atoms with E-state index in [1.807, 2.05) is 121 Å². The third-order valence-corrected chi connectivity index (χ3v) is 5.69. The normalized spacial score (nSPS) is 20.3. The van der Waals surface area contributed by atoms with Crippen LogP contribution in [0.2, 0.25) is 0 Å². The van der Waals surface area contributed by atoms with E-state index in [-0.39, 0.29) is 0 Å². The van der Waals surface area contributed by atoms with Gasteiger partial charge in [0.1, 0.15) is 0 Å². The van der Waals surface area contributed by atoms with Gasteiger partial charge >= 0.3 is 0 Å². The first-order valence-electron chi connectivity index (χ1n) is 10.7. The average Bonchev–Trinajstić information content (AvgIpc) is 2.90. The van der Waals surface area contributed by atoms with Gasteiger partial charge in [-0.05, 0) is 5.56 Å². The van der Waals surface area contributed by atoms with Crippen LogP contribution in [-0.2, 0) is 20.0 Å². The highest BCUT2D eigenvalue weighted by atomic mass is 16.7. The molecule has 1 aliphatic rings. The molecule has 0 saturated heterocycles. The van der Waals surface area contributed by atoms with Gasteiger partial charge in [-0.15, -0.1) is 0 Å². The average molecular weight is 421 g/mol.